The Balaban J connectivity index is 2.19. The highest BCUT2D eigenvalue weighted by Gasteiger charge is 2.53. The van der Waals surface area contributed by atoms with Gasteiger partial charge >= 0.3 is 11.9 Å². The third kappa shape index (κ3) is 17.6. The van der Waals surface area contributed by atoms with Crippen molar-refractivity contribution >= 4 is 53.3 Å². The van der Waals surface area contributed by atoms with Gasteiger partial charge in [0.2, 0.25) is 41.4 Å². The molecule has 2 fully saturated rings. The summed E-state index contributed by atoms with van der Waals surface area (Å²) in [6, 6.07) is -8.79. The Morgan fingerprint density at radius 1 is 0.652 bits per heavy atom. The molecule has 0 saturated carbocycles. The number of carbonyl (C=O) groups is 9. The van der Waals surface area contributed by atoms with Gasteiger partial charge in [0.15, 0.2) is 12.6 Å². The van der Waals surface area contributed by atoms with Gasteiger partial charge in [-0.15, -0.1) is 0 Å². The fourth-order valence-electron chi connectivity index (χ4n) is 6.73. The molecule has 28 nitrogen and oxygen atoms in total. The average Bonchev–Trinajstić information content (AvgIpc) is 3.25. The molecule has 0 aromatic carbocycles. The molecule has 16 N–H and O–H groups in total. The van der Waals surface area contributed by atoms with Crippen LogP contribution in [0, 0.1) is 0 Å². The van der Waals surface area contributed by atoms with Crippen molar-refractivity contribution in [3.63, 3.8) is 0 Å². The van der Waals surface area contributed by atoms with Crippen molar-refractivity contribution < 1.29 is 97.8 Å². The number of nitrogens with one attached hydrogen (secondary N) is 7. The summed E-state index contributed by atoms with van der Waals surface area (Å²) in [7, 11) is 0. The van der Waals surface area contributed by atoms with E-state index >= 15 is 0 Å². The number of rotatable bonds is 26. The second-order valence-corrected chi connectivity index (χ2v) is 15.7. The minimum atomic E-state index is -1.90. The number of carboxylic acid groups (broad SMARTS) is 2. The van der Waals surface area contributed by atoms with E-state index in [1.165, 1.54) is 20.8 Å². The summed E-state index contributed by atoms with van der Waals surface area (Å²) in [5, 5.41) is 87.7. The Labute approximate surface area is 378 Å². The molecular formula is C38H64N8O20. The molecule has 0 radical (unpaired) electrons. The Morgan fingerprint density at radius 3 is 1.82 bits per heavy atom. The molecule has 2 saturated heterocycles. The van der Waals surface area contributed by atoms with Gasteiger partial charge in [-0.2, -0.15) is 0 Å². The van der Waals surface area contributed by atoms with E-state index in [1.54, 1.807) is 0 Å². The molecule has 15 unspecified atom stereocenters. The lowest BCUT2D eigenvalue weighted by atomic mass is 9.94. The first-order valence-electron chi connectivity index (χ1n) is 21.0. The van der Waals surface area contributed by atoms with E-state index in [9.17, 15) is 78.9 Å². The molecule has 2 rings (SSSR count). The molecule has 2 aliphatic heterocycles. The molecule has 376 valence electrons. The minimum Gasteiger partial charge on any atom is -0.480 e. The molecule has 0 aliphatic carbocycles. The number of hydrogen-bond donors (Lipinski definition) is 15. The fraction of sp³-hybridized carbons (Fsp3) is 0.763. The van der Waals surface area contributed by atoms with Gasteiger partial charge in [-0.1, -0.05) is 0 Å². The first-order valence-corrected chi connectivity index (χ1v) is 21.0. The van der Waals surface area contributed by atoms with Crippen molar-refractivity contribution in [2.75, 3.05) is 26.3 Å². The molecule has 28 heteroatoms. The zero-order chi connectivity index (χ0) is 50.0. The van der Waals surface area contributed by atoms with Gasteiger partial charge in [0.05, 0.1) is 19.8 Å². The highest BCUT2D eigenvalue weighted by Crippen LogP contribution is 2.31. The van der Waals surface area contributed by atoms with E-state index in [4.69, 9.17) is 24.7 Å². The Bertz CT molecular complexity index is 1690. The Kier molecular flexibility index (Phi) is 23.7. The number of carboxylic acids is 2. The van der Waals surface area contributed by atoms with Crippen LogP contribution in [0.15, 0.2) is 0 Å². The number of amides is 7. The summed E-state index contributed by atoms with van der Waals surface area (Å²) >= 11 is 0. The topological polar surface area (TPSA) is 442 Å². The summed E-state index contributed by atoms with van der Waals surface area (Å²) in [6.45, 7) is 3.99. The maximum atomic E-state index is 13.5. The SMILES string of the molecule is CC(=O)NC1C(OC2C(CO)OC(O)C(NC(C)=O)C2OC(C)C(=O)NC(C)C(=O)NC(CCC(=O)NC(CCCCNC(=O)CN)C(=O)NC(C)C(=O)O)C(=O)O)OC(CO)C(O)C1O. The number of nitrogens with two attached hydrogens (primary N) is 1. The van der Waals surface area contributed by atoms with E-state index in [1.807, 2.05) is 0 Å². The first-order chi connectivity index (χ1) is 30.9. The Morgan fingerprint density at radius 2 is 1.26 bits per heavy atom. The van der Waals surface area contributed by atoms with Crippen molar-refractivity contribution in [2.45, 2.75) is 158 Å². The quantitative estimate of drug-likeness (QED) is 0.0358. The van der Waals surface area contributed by atoms with Gasteiger partial charge in [0, 0.05) is 26.8 Å². The molecule has 0 aromatic heterocycles. The normalized spacial score (nSPS) is 27.3. The van der Waals surface area contributed by atoms with Crippen LogP contribution in [-0.2, 0) is 62.1 Å². The van der Waals surface area contributed by atoms with Crippen LogP contribution in [0.4, 0.5) is 0 Å². The van der Waals surface area contributed by atoms with Gasteiger partial charge in [0.25, 0.3) is 0 Å². The van der Waals surface area contributed by atoms with Crippen LogP contribution >= 0.6 is 0 Å². The van der Waals surface area contributed by atoms with Crippen molar-refractivity contribution in [3.8, 4) is 0 Å². The average molecular weight is 953 g/mol. The molecular weight excluding hydrogens is 888 g/mol. The highest BCUT2D eigenvalue weighted by molar-refractivity contribution is 5.92. The maximum Gasteiger partial charge on any atom is 0.326 e. The molecule has 0 aromatic rings. The van der Waals surface area contributed by atoms with Gasteiger partial charge in [-0.3, -0.25) is 38.4 Å². The molecule has 7 amide bonds. The van der Waals surface area contributed by atoms with Gasteiger partial charge in [0.1, 0.15) is 79.0 Å². The van der Waals surface area contributed by atoms with Crippen LogP contribution < -0.4 is 43.0 Å². The van der Waals surface area contributed by atoms with Crippen molar-refractivity contribution in [1.29, 1.82) is 0 Å². The number of aliphatic hydroxyl groups is 5. The van der Waals surface area contributed by atoms with Gasteiger partial charge in [-0.25, -0.2) is 4.79 Å². The van der Waals surface area contributed by atoms with E-state index in [0.29, 0.717) is 6.42 Å². The summed E-state index contributed by atoms with van der Waals surface area (Å²) in [6.07, 6.45) is -15.3. The zero-order valence-corrected chi connectivity index (χ0v) is 37.0. The van der Waals surface area contributed by atoms with Crippen molar-refractivity contribution in [1.82, 2.24) is 37.2 Å². The predicted octanol–water partition coefficient (Wildman–Crippen LogP) is -7.52. The number of unbranched alkanes of at least 4 members (excludes halogenated alkanes) is 1. The summed E-state index contributed by atoms with van der Waals surface area (Å²) < 4.78 is 23.1. The number of aliphatic carboxylic acids is 2. The largest absolute Gasteiger partial charge is 0.480 e. The van der Waals surface area contributed by atoms with Crippen molar-refractivity contribution in [3.05, 3.63) is 0 Å². The van der Waals surface area contributed by atoms with E-state index < -0.39 is 171 Å². The molecule has 2 heterocycles. The van der Waals surface area contributed by atoms with Crippen LogP contribution in [0.3, 0.4) is 0 Å². The number of hydrogen-bond acceptors (Lipinski definition) is 19. The van der Waals surface area contributed by atoms with Crippen LogP contribution in [-0.4, -0.2) is 207 Å². The smallest absolute Gasteiger partial charge is 0.326 e. The molecule has 15 atom stereocenters. The first kappa shape index (κ1) is 57.0. The number of aliphatic hydroxyl groups excluding tert-OH is 5. The lowest BCUT2D eigenvalue weighted by Gasteiger charge is -2.48. The number of carbonyl (C=O) groups excluding carboxylic acids is 7. The summed E-state index contributed by atoms with van der Waals surface area (Å²) in [4.78, 5) is 112. The van der Waals surface area contributed by atoms with Crippen molar-refractivity contribution in [2.24, 2.45) is 5.73 Å². The third-order valence-corrected chi connectivity index (χ3v) is 10.3. The van der Waals surface area contributed by atoms with Crippen LogP contribution in [0.2, 0.25) is 0 Å². The molecule has 2 aliphatic rings. The lowest BCUT2D eigenvalue weighted by Crippen LogP contribution is -2.70. The summed E-state index contributed by atoms with van der Waals surface area (Å²) in [5.41, 5.74) is 5.25. The van der Waals surface area contributed by atoms with Crippen LogP contribution in [0.5, 0.6) is 0 Å². The lowest BCUT2D eigenvalue weighted by molar-refractivity contribution is -0.333. The second-order valence-electron chi connectivity index (χ2n) is 15.7. The maximum absolute atomic E-state index is 13.5. The fourth-order valence-corrected chi connectivity index (χ4v) is 6.73. The summed E-state index contributed by atoms with van der Waals surface area (Å²) in [5.74, 6) is -8.48. The van der Waals surface area contributed by atoms with Crippen LogP contribution in [0.25, 0.3) is 0 Å². The van der Waals surface area contributed by atoms with Crippen LogP contribution in [0.1, 0.15) is 66.7 Å². The highest BCUT2D eigenvalue weighted by atomic mass is 16.7. The van der Waals surface area contributed by atoms with E-state index in [2.05, 4.69) is 37.2 Å². The monoisotopic (exact) mass is 952 g/mol. The minimum absolute atomic E-state index is 0.00768. The zero-order valence-electron chi connectivity index (χ0n) is 37.0. The van der Waals surface area contributed by atoms with E-state index in [0.717, 1.165) is 13.8 Å². The molecule has 0 spiro atoms. The standard InChI is InChI=1S/C38H64N8O20/c1-15(32(55)46-21(36(60)61)9-10-24(51)45-20(34(57)42-16(2)35(58)59)8-6-7-11-40-25(52)12-39)41-33(56)17(3)63-31-27(44-19(5)50)37(62)64-23(14-48)30(31)66-38-26(43-18(4)49)29(54)28(53)22(13-47)65-38/h15-17,20-23,26-31,37-38,47-48,53-54,62H,6-14,39H2,1-5H3,(H,40,52)(H,41,56)(H,42,57)(H,43,49)(H,44,50)(H,45,51)(H,46,55)(H,58,59)(H,60,61). The second kappa shape index (κ2) is 27.5. The van der Waals surface area contributed by atoms with E-state index in [-0.39, 0.29) is 25.9 Å². The third-order valence-electron chi connectivity index (χ3n) is 10.3. The Hall–Kier alpha value is -5.17. The molecule has 66 heavy (non-hydrogen) atoms. The molecule has 0 bridgehead atoms. The number of ether oxygens (including phenoxy) is 4. The predicted molar refractivity (Wildman–Crippen MR) is 220 cm³/mol. The van der Waals surface area contributed by atoms with Gasteiger partial charge < -0.3 is 97.6 Å². The van der Waals surface area contributed by atoms with Gasteiger partial charge in [-0.05, 0) is 46.5 Å².